The highest BCUT2D eigenvalue weighted by Gasteiger charge is 2.11. The molecular weight excluding hydrogens is 104 g/mol. The van der Waals surface area contributed by atoms with Crippen LogP contribution in [0.3, 0.4) is 0 Å². The predicted molar refractivity (Wildman–Crippen MR) is 30.1 cm³/mol. The molecule has 1 aliphatic rings. The van der Waals surface area contributed by atoms with Gasteiger partial charge < -0.3 is 10.6 Å². The highest BCUT2D eigenvalue weighted by atomic mass is 16.1. The van der Waals surface area contributed by atoms with Crippen molar-refractivity contribution in [3.63, 3.8) is 0 Å². The molecule has 2 N–H and O–H groups in total. The van der Waals surface area contributed by atoms with Gasteiger partial charge in [0, 0.05) is 12.6 Å². The fourth-order valence-corrected chi connectivity index (χ4v) is 0.861. The van der Waals surface area contributed by atoms with Gasteiger partial charge in [0.25, 0.3) is 0 Å². The molecule has 0 unspecified atom stereocenters. The molecule has 3 heteroatoms. The van der Waals surface area contributed by atoms with E-state index < -0.39 is 0 Å². The van der Waals surface area contributed by atoms with Crippen LogP contribution >= 0.6 is 0 Å². The maximum absolute atomic E-state index is 9.70. The van der Waals surface area contributed by atoms with Crippen molar-refractivity contribution >= 4 is 6.41 Å². The first-order valence-electron chi connectivity index (χ1n) is 2.77. The van der Waals surface area contributed by atoms with Crippen LogP contribution in [-0.2, 0) is 4.79 Å². The number of nitrogens with one attached hydrogen (secondary N) is 2. The summed E-state index contributed by atoms with van der Waals surface area (Å²) in [5.74, 6) is 0. The molecule has 1 aliphatic heterocycles. The minimum absolute atomic E-state index is 0.326. The average Bonchev–Trinajstić information content (AvgIpc) is 2.19. The number of amides is 1. The molecule has 0 aliphatic carbocycles. The van der Waals surface area contributed by atoms with Gasteiger partial charge in [-0.15, -0.1) is 0 Å². The van der Waals surface area contributed by atoms with Crippen LogP contribution in [0.2, 0.25) is 0 Å². The Labute approximate surface area is 48.5 Å². The molecule has 3 nitrogen and oxygen atoms in total. The van der Waals surface area contributed by atoms with Crippen LogP contribution in [0.4, 0.5) is 0 Å². The maximum atomic E-state index is 9.70. The lowest BCUT2D eigenvalue weighted by Crippen LogP contribution is -2.29. The van der Waals surface area contributed by atoms with E-state index in [1.165, 1.54) is 0 Å². The summed E-state index contributed by atoms with van der Waals surface area (Å²) in [6.07, 6.45) is 2.71. The number of rotatable bonds is 2. The lowest BCUT2D eigenvalue weighted by Gasteiger charge is -2.01. The van der Waals surface area contributed by atoms with Gasteiger partial charge in [-0.05, 0) is 13.0 Å². The van der Waals surface area contributed by atoms with Gasteiger partial charge in [-0.1, -0.05) is 0 Å². The van der Waals surface area contributed by atoms with Crippen LogP contribution in [-0.4, -0.2) is 25.5 Å². The molecule has 1 atom stereocenters. The van der Waals surface area contributed by atoms with Crippen molar-refractivity contribution in [1.29, 1.82) is 0 Å². The molecule has 1 radical (unpaired) electrons. The smallest absolute Gasteiger partial charge is 0.309 e. The summed E-state index contributed by atoms with van der Waals surface area (Å²) in [6, 6.07) is 0.326. The Morgan fingerprint density at radius 1 is 1.75 bits per heavy atom. The van der Waals surface area contributed by atoms with Crippen molar-refractivity contribution < 1.29 is 4.79 Å². The molecule has 0 aromatic rings. The predicted octanol–water partition coefficient (Wildman–Crippen LogP) is -0.995. The lowest BCUT2D eigenvalue weighted by atomic mass is 10.3. The van der Waals surface area contributed by atoms with Crippen LogP contribution in [0.15, 0.2) is 0 Å². The Hall–Kier alpha value is -0.570. The summed E-state index contributed by atoms with van der Waals surface area (Å²) < 4.78 is 0. The summed E-state index contributed by atoms with van der Waals surface area (Å²) in [6.45, 7) is 1.91. The van der Waals surface area contributed by atoms with E-state index in [0.717, 1.165) is 19.5 Å². The fraction of sp³-hybridized carbons (Fsp3) is 0.800. The first kappa shape index (κ1) is 5.56. The number of carbonyl (C=O) groups excluding carboxylic acids is 1. The topological polar surface area (TPSA) is 41.1 Å². The molecule has 1 rings (SSSR count). The highest BCUT2D eigenvalue weighted by molar-refractivity contribution is 5.47. The number of hydrogen-bond donors (Lipinski definition) is 2. The van der Waals surface area contributed by atoms with Crippen molar-refractivity contribution in [1.82, 2.24) is 10.6 Å². The summed E-state index contributed by atoms with van der Waals surface area (Å²) in [5.41, 5.74) is 0. The molecule has 0 saturated carbocycles. The van der Waals surface area contributed by atoms with Gasteiger partial charge in [0.2, 0.25) is 0 Å². The summed E-state index contributed by atoms with van der Waals surface area (Å²) in [5, 5.41) is 5.69. The van der Waals surface area contributed by atoms with E-state index in [1.807, 2.05) is 0 Å². The molecule has 45 valence electrons. The van der Waals surface area contributed by atoms with Crippen molar-refractivity contribution in [2.75, 3.05) is 13.1 Å². The molecule has 0 aromatic heterocycles. The van der Waals surface area contributed by atoms with Gasteiger partial charge in [-0.3, -0.25) is 4.79 Å². The third kappa shape index (κ3) is 1.20. The highest BCUT2D eigenvalue weighted by Crippen LogP contribution is 1.93. The molecule has 8 heavy (non-hydrogen) atoms. The molecule has 1 saturated heterocycles. The van der Waals surface area contributed by atoms with E-state index in [2.05, 4.69) is 10.6 Å². The van der Waals surface area contributed by atoms with Crippen LogP contribution in [0.5, 0.6) is 0 Å². The normalized spacial score (nSPS) is 27.8. The summed E-state index contributed by atoms with van der Waals surface area (Å²) >= 11 is 0. The monoisotopic (exact) mass is 113 g/mol. The van der Waals surface area contributed by atoms with Crippen molar-refractivity contribution in [2.24, 2.45) is 0 Å². The lowest BCUT2D eigenvalue weighted by molar-refractivity contribution is 0.525. The van der Waals surface area contributed by atoms with Crippen LogP contribution in [0.25, 0.3) is 0 Å². The molecule has 1 fully saturated rings. The van der Waals surface area contributed by atoms with Gasteiger partial charge in [0.05, 0.1) is 0 Å². The van der Waals surface area contributed by atoms with Crippen LogP contribution in [0, 0.1) is 0 Å². The second-order valence-corrected chi connectivity index (χ2v) is 1.94. The number of hydrogen-bond acceptors (Lipinski definition) is 2. The molecule has 0 bridgehead atoms. The van der Waals surface area contributed by atoms with Gasteiger partial charge in [0.1, 0.15) is 0 Å². The van der Waals surface area contributed by atoms with E-state index >= 15 is 0 Å². The summed E-state index contributed by atoms with van der Waals surface area (Å²) in [7, 11) is 0. The standard InChI is InChI=1S/C5H9N2O/c8-4-7-5-1-2-6-3-5/h5-6H,1-3H2,(H,7,8)/t5-/m1/s1. The molecule has 1 heterocycles. The van der Waals surface area contributed by atoms with Gasteiger partial charge in [0.15, 0.2) is 0 Å². The largest absolute Gasteiger partial charge is 0.344 e. The molecule has 1 amide bonds. The van der Waals surface area contributed by atoms with Gasteiger partial charge >= 0.3 is 6.41 Å². The Balaban J connectivity index is 2.14. The minimum Gasteiger partial charge on any atom is -0.344 e. The van der Waals surface area contributed by atoms with Crippen LogP contribution < -0.4 is 10.6 Å². The van der Waals surface area contributed by atoms with Gasteiger partial charge in [-0.25, -0.2) is 0 Å². The Morgan fingerprint density at radius 2 is 2.62 bits per heavy atom. The fourth-order valence-electron chi connectivity index (χ4n) is 0.861. The maximum Gasteiger partial charge on any atom is 0.309 e. The Kier molecular flexibility index (Phi) is 1.86. The zero-order valence-electron chi connectivity index (χ0n) is 4.61. The Morgan fingerprint density at radius 3 is 3.12 bits per heavy atom. The first-order chi connectivity index (χ1) is 3.93. The quantitative estimate of drug-likeness (QED) is 0.451. The summed E-state index contributed by atoms with van der Waals surface area (Å²) in [4.78, 5) is 9.70. The average molecular weight is 113 g/mol. The second kappa shape index (κ2) is 2.67. The molecular formula is C5H9N2O. The van der Waals surface area contributed by atoms with Gasteiger partial charge in [-0.2, -0.15) is 0 Å². The van der Waals surface area contributed by atoms with Crippen molar-refractivity contribution in [3.8, 4) is 0 Å². The molecule has 0 aromatic carbocycles. The van der Waals surface area contributed by atoms with Crippen LogP contribution in [0.1, 0.15) is 6.42 Å². The zero-order valence-corrected chi connectivity index (χ0v) is 4.61. The van der Waals surface area contributed by atoms with Crippen molar-refractivity contribution in [2.45, 2.75) is 12.5 Å². The van der Waals surface area contributed by atoms with Crippen molar-refractivity contribution in [3.05, 3.63) is 0 Å². The van der Waals surface area contributed by atoms with E-state index in [-0.39, 0.29) is 0 Å². The SMILES string of the molecule is O=[C]N[C@@H]1CCNC1. The van der Waals surface area contributed by atoms with E-state index in [0.29, 0.717) is 6.04 Å². The third-order valence-electron chi connectivity index (χ3n) is 1.32. The zero-order chi connectivity index (χ0) is 5.82. The van der Waals surface area contributed by atoms with E-state index in [4.69, 9.17) is 0 Å². The minimum atomic E-state index is 0.326. The third-order valence-corrected chi connectivity index (χ3v) is 1.32. The van der Waals surface area contributed by atoms with E-state index in [1.54, 1.807) is 6.41 Å². The Bertz CT molecular complexity index is 78.5. The van der Waals surface area contributed by atoms with E-state index in [9.17, 15) is 4.79 Å². The second-order valence-electron chi connectivity index (χ2n) is 1.94. The molecule has 0 spiro atoms. The first-order valence-corrected chi connectivity index (χ1v) is 2.77.